The van der Waals surface area contributed by atoms with Crippen molar-refractivity contribution in [1.29, 1.82) is 0 Å². The largest absolute Gasteiger partial charge is 0.392 e. The first kappa shape index (κ1) is 12.4. The van der Waals surface area contributed by atoms with Crippen molar-refractivity contribution in [2.45, 2.75) is 33.8 Å². The molecule has 2 rings (SSSR count). The topological polar surface area (TPSA) is 36.4 Å². The zero-order chi connectivity index (χ0) is 12.4. The summed E-state index contributed by atoms with van der Waals surface area (Å²) in [5.74, 6) is 2.46. The van der Waals surface area contributed by atoms with E-state index in [1.54, 1.807) is 0 Å². The molecular formula is C14H22N2O. The molecule has 0 aliphatic carbocycles. The lowest BCUT2D eigenvalue weighted by atomic mass is 9.92. The number of pyridine rings is 1. The second kappa shape index (κ2) is 5.05. The molecule has 17 heavy (non-hydrogen) atoms. The summed E-state index contributed by atoms with van der Waals surface area (Å²) < 4.78 is 0. The molecule has 3 heteroatoms. The van der Waals surface area contributed by atoms with Crippen molar-refractivity contribution in [2.24, 2.45) is 11.8 Å². The van der Waals surface area contributed by atoms with E-state index in [4.69, 9.17) is 0 Å². The van der Waals surface area contributed by atoms with Gasteiger partial charge in [0.2, 0.25) is 0 Å². The van der Waals surface area contributed by atoms with E-state index in [2.05, 4.69) is 23.7 Å². The maximum absolute atomic E-state index is 9.24. The lowest BCUT2D eigenvalue weighted by Crippen LogP contribution is -2.39. The number of anilines is 1. The van der Waals surface area contributed by atoms with Gasteiger partial charge in [-0.15, -0.1) is 0 Å². The van der Waals surface area contributed by atoms with Crippen LogP contribution < -0.4 is 4.90 Å². The van der Waals surface area contributed by atoms with Crippen LogP contribution in [0.4, 0.5) is 5.82 Å². The van der Waals surface area contributed by atoms with E-state index < -0.39 is 0 Å². The van der Waals surface area contributed by atoms with Gasteiger partial charge in [0.25, 0.3) is 0 Å². The Labute approximate surface area is 103 Å². The molecule has 0 amide bonds. The van der Waals surface area contributed by atoms with Crippen LogP contribution in [0.25, 0.3) is 0 Å². The summed E-state index contributed by atoms with van der Waals surface area (Å²) in [4.78, 5) is 6.94. The molecule has 0 aromatic carbocycles. The minimum Gasteiger partial charge on any atom is -0.392 e. The number of aromatic nitrogens is 1. The van der Waals surface area contributed by atoms with E-state index >= 15 is 0 Å². The first-order valence-corrected chi connectivity index (χ1v) is 6.42. The summed E-state index contributed by atoms with van der Waals surface area (Å²) in [6.07, 6.45) is 1.30. The molecule has 1 N–H and O–H groups in total. The SMILES string of the molecule is Cc1cc(CO)cc(N2CC(C)CC(C)C2)n1. The van der Waals surface area contributed by atoms with Crippen LogP contribution in [-0.2, 0) is 6.61 Å². The highest BCUT2D eigenvalue weighted by atomic mass is 16.3. The molecule has 1 aromatic rings. The van der Waals surface area contributed by atoms with Crippen molar-refractivity contribution >= 4 is 5.82 Å². The maximum atomic E-state index is 9.24. The number of aliphatic hydroxyl groups excluding tert-OH is 1. The summed E-state index contributed by atoms with van der Waals surface area (Å²) in [5.41, 5.74) is 1.94. The Hall–Kier alpha value is -1.09. The van der Waals surface area contributed by atoms with Gasteiger partial charge in [-0.25, -0.2) is 4.98 Å². The molecular weight excluding hydrogens is 212 g/mol. The highest BCUT2D eigenvalue weighted by Gasteiger charge is 2.22. The molecule has 0 radical (unpaired) electrons. The minimum atomic E-state index is 0.0926. The number of hydrogen-bond donors (Lipinski definition) is 1. The van der Waals surface area contributed by atoms with Gasteiger partial charge in [-0.1, -0.05) is 13.8 Å². The zero-order valence-electron chi connectivity index (χ0n) is 11.0. The fourth-order valence-electron chi connectivity index (χ4n) is 2.82. The molecule has 2 unspecified atom stereocenters. The van der Waals surface area contributed by atoms with Gasteiger partial charge in [0.1, 0.15) is 5.82 Å². The molecule has 1 fully saturated rings. The Morgan fingerprint density at radius 3 is 2.53 bits per heavy atom. The van der Waals surface area contributed by atoms with Crippen LogP contribution in [0.15, 0.2) is 12.1 Å². The van der Waals surface area contributed by atoms with E-state index in [0.717, 1.165) is 42.0 Å². The highest BCUT2D eigenvalue weighted by Crippen LogP contribution is 2.25. The lowest BCUT2D eigenvalue weighted by Gasteiger charge is -2.36. The molecule has 0 spiro atoms. The van der Waals surface area contributed by atoms with E-state index in [0.29, 0.717) is 0 Å². The molecule has 2 heterocycles. The van der Waals surface area contributed by atoms with Crippen LogP contribution in [0.5, 0.6) is 0 Å². The Bertz CT molecular complexity index is 382. The molecule has 1 saturated heterocycles. The average molecular weight is 234 g/mol. The third-order valence-corrected chi connectivity index (χ3v) is 3.38. The normalized spacial score (nSPS) is 25.1. The van der Waals surface area contributed by atoms with Gasteiger partial charge in [-0.05, 0) is 42.9 Å². The fourth-order valence-corrected chi connectivity index (χ4v) is 2.82. The standard InChI is InChI=1S/C14H22N2O/c1-10-4-11(2)8-16(7-10)14-6-13(9-17)5-12(3)15-14/h5-6,10-11,17H,4,7-9H2,1-3H3. The first-order valence-electron chi connectivity index (χ1n) is 6.42. The van der Waals surface area contributed by atoms with Gasteiger partial charge in [-0.2, -0.15) is 0 Å². The van der Waals surface area contributed by atoms with Crippen molar-refractivity contribution in [3.63, 3.8) is 0 Å². The highest BCUT2D eigenvalue weighted by molar-refractivity contribution is 5.43. The number of aliphatic hydroxyl groups is 1. The van der Waals surface area contributed by atoms with Gasteiger partial charge in [0.15, 0.2) is 0 Å². The third kappa shape index (κ3) is 2.97. The van der Waals surface area contributed by atoms with Crippen LogP contribution in [-0.4, -0.2) is 23.2 Å². The van der Waals surface area contributed by atoms with E-state index in [1.807, 2.05) is 19.1 Å². The van der Waals surface area contributed by atoms with Gasteiger partial charge >= 0.3 is 0 Å². The smallest absolute Gasteiger partial charge is 0.129 e. The van der Waals surface area contributed by atoms with Gasteiger partial charge in [0.05, 0.1) is 6.61 Å². The average Bonchev–Trinajstić information content (AvgIpc) is 2.26. The second-order valence-electron chi connectivity index (χ2n) is 5.48. The Kier molecular flexibility index (Phi) is 3.67. The predicted molar refractivity (Wildman–Crippen MR) is 70.1 cm³/mol. The number of nitrogens with zero attached hydrogens (tertiary/aromatic N) is 2. The number of piperidine rings is 1. The number of rotatable bonds is 2. The van der Waals surface area contributed by atoms with Crippen LogP contribution in [0.1, 0.15) is 31.5 Å². The van der Waals surface area contributed by atoms with Crippen molar-refractivity contribution in [3.8, 4) is 0 Å². The molecule has 1 aromatic heterocycles. The van der Waals surface area contributed by atoms with Crippen LogP contribution in [0, 0.1) is 18.8 Å². The molecule has 1 aliphatic rings. The number of aryl methyl sites for hydroxylation is 1. The van der Waals surface area contributed by atoms with Crippen molar-refractivity contribution in [1.82, 2.24) is 4.98 Å². The minimum absolute atomic E-state index is 0.0926. The second-order valence-corrected chi connectivity index (χ2v) is 5.48. The summed E-state index contributed by atoms with van der Waals surface area (Å²) in [7, 11) is 0. The molecule has 2 atom stereocenters. The monoisotopic (exact) mass is 234 g/mol. The fraction of sp³-hybridized carbons (Fsp3) is 0.643. The summed E-state index contributed by atoms with van der Waals surface area (Å²) in [5, 5.41) is 9.24. The van der Waals surface area contributed by atoms with Crippen LogP contribution in [0.2, 0.25) is 0 Å². The molecule has 0 saturated carbocycles. The van der Waals surface area contributed by atoms with E-state index in [-0.39, 0.29) is 6.61 Å². The van der Waals surface area contributed by atoms with Crippen LogP contribution >= 0.6 is 0 Å². The van der Waals surface area contributed by atoms with Crippen molar-refractivity contribution in [3.05, 3.63) is 23.4 Å². The number of hydrogen-bond acceptors (Lipinski definition) is 3. The zero-order valence-corrected chi connectivity index (χ0v) is 11.0. The Morgan fingerprint density at radius 2 is 1.94 bits per heavy atom. The predicted octanol–water partition coefficient (Wildman–Crippen LogP) is 2.36. The quantitative estimate of drug-likeness (QED) is 0.853. The Balaban J connectivity index is 2.23. The van der Waals surface area contributed by atoms with Crippen LogP contribution in [0.3, 0.4) is 0 Å². The van der Waals surface area contributed by atoms with Gasteiger partial charge in [-0.3, -0.25) is 0 Å². The third-order valence-electron chi connectivity index (χ3n) is 3.38. The van der Waals surface area contributed by atoms with Gasteiger partial charge < -0.3 is 10.0 Å². The first-order chi connectivity index (χ1) is 8.08. The molecule has 3 nitrogen and oxygen atoms in total. The summed E-state index contributed by atoms with van der Waals surface area (Å²) in [6.45, 7) is 8.82. The summed E-state index contributed by atoms with van der Waals surface area (Å²) >= 11 is 0. The lowest BCUT2D eigenvalue weighted by molar-refractivity contribution is 0.281. The van der Waals surface area contributed by atoms with E-state index in [1.165, 1.54) is 6.42 Å². The van der Waals surface area contributed by atoms with Crippen molar-refractivity contribution in [2.75, 3.05) is 18.0 Å². The molecule has 0 bridgehead atoms. The Morgan fingerprint density at radius 1 is 1.29 bits per heavy atom. The maximum Gasteiger partial charge on any atom is 0.129 e. The van der Waals surface area contributed by atoms with Gasteiger partial charge in [0, 0.05) is 18.8 Å². The summed E-state index contributed by atoms with van der Waals surface area (Å²) in [6, 6.07) is 3.96. The molecule has 1 aliphatic heterocycles. The van der Waals surface area contributed by atoms with Crippen molar-refractivity contribution < 1.29 is 5.11 Å². The van der Waals surface area contributed by atoms with E-state index in [9.17, 15) is 5.11 Å². The molecule has 94 valence electrons.